The fourth-order valence-electron chi connectivity index (χ4n) is 8.43. The predicted octanol–water partition coefficient (Wildman–Crippen LogP) is 6.50. The molecule has 0 bridgehead atoms. The number of methoxy groups -OCH3 is 2. The summed E-state index contributed by atoms with van der Waals surface area (Å²) in [6.07, 6.45) is 7.99. The third kappa shape index (κ3) is 7.30. The van der Waals surface area contributed by atoms with E-state index in [2.05, 4.69) is 30.6 Å². The highest BCUT2D eigenvalue weighted by Crippen LogP contribution is 2.41. The molecular formula is C42H48N10O8. The summed E-state index contributed by atoms with van der Waals surface area (Å²) in [5.41, 5.74) is 6.73. The molecule has 60 heavy (non-hydrogen) atoms. The van der Waals surface area contributed by atoms with Crippen molar-refractivity contribution in [2.75, 3.05) is 27.3 Å². The lowest BCUT2D eigenvalue weighted by Crippen LogP contribution is -2.51. The Balaban J connectivity index is 1.05. The molecule has 4 N–H and O–H groups in total. The van der Waals surface area contributed by atoms with Crippen molar-refractivity contribution in [1.29, 1.82) is 0 Å². The Morgan fingerprint density at radius 2 is 1.05 bits per heavy atom. The monoisotopic (exact) mass is 820 g/mol. The summed E-state index contributed by atoms with van der Waals surface area (Å²) in [4.78, 5) is 80.5. The van der Waals surface area contributed by atoms with Gasteiger partial charge in [-0.25, -0.2) is 29.5 Å². The molecule has 2 aromatic carbocycles. The number of imidazole rings is 2. The van der Waals surface area contributed by atoms with E-state index in [1.807, 2.05) is 52.0 Å². The highest BCUT2D eigenvalue weighted by molar-refractivity contribution is 6.06. The van der Waals surface area contributed by atoms with Crippen LogP contribution in [0.3, 0.4) is 0 Å². The number of carbonyl (C=O) groups is 4. The molecule has 0 aliphatic carbocycles. The van der Waals surface area contributed by atoms with Crippen molar-refractivity contribution in [2.24, 2.45) is 11.8 Å². The summed E-state index contributed by atoms with van der Waals surface area (Å²) in [7, 11) is 2.55. The maximum absolute atomic E-state index is 13.7. The van der Waals surface area contributed by atoms with E-state index < -0.39 is 24.3 Å². The molecule has 18 nitrogen and oxygen atoms in total. The van der Waals surface area contributed by atoms with Crippen LogP contribution in [-0.4, -0.2) is 103 Å². The van der Waals surface area contributed by atoms with Gasteiger partial charge >= 0.3 is 12.2 Å². The Hall–Kier alpha value is -6.72. The molecule has 314 valence electrons. The maximum atomic E-state index is 13.7. The van der Waals surface area contributed by atoms with Crippen LogP contribution in [0.15, 0.2) is 58.3 Å². The van der Waals surface area contributed by atoms with E-state index in [9.17, 15) is 19.2 Å². The van der Waals surface area contributed by atoms with Crippen LogP contribution in [0.5, 0.6) is 0 Å². The molecule has 2 aliphatic rings. The number of hydrogen-bond acceptors (Lipinski definition) is 12. The number of alkyl carbamates (subject to hydrolysis) is 2. The number of aromatic amines is 2. The number of nitrogens with one attached hydrogen (secondary N) is 4. The van der Waals surface area contributed by atoms with Crippen LogP contribution in [-0.2, 0) is 19.1 Å². The molecule has 18 heteroatoms. The molecule has 4 aromatic heterocycles. The Morgan fingerprint density at radius 1 is 0.650 bits per heavy atom. The highest BCUT2D eigenvalue weighted by atomic mass is 16.5. The van der Waals surface area contributed by atoms with Gasteiger partial charge in [0.2, 0.25) is 11.8 Å². The number of carbonyl (C=O) groups excluding carboxylic acids is 4. The second-order valence-corrected chi connectivity index (χ2v) is 15.8. The minimum absolute atomic E-state index is 0.147. The van der Waals surface area contributed by atoms with Gasteiger partial charge in [0.15, 0.2) is 24.0 Å². The Kier molecular flexibility index (Phi) is 11.0. The van der Waals surface area contributed by atoms with E-state index in [0.717, 1.165) is 47.9 Å². The first-order valence-corrected chi connectivity index (χ1v) is 20.1. The first-order valence-electron chi connectivity index (χ1n) is 20.1. The largest absolute Gasteiger partial charge is 0.453 e. The molecule has 4 unspecified atom stereocenters. The van der Waals surface area contributed by atoms with Gasteiger partial charge in [0, 0.05) is 35.3 Å². The lowest BCUT2D eigenvalue weighted by atomic mass is 9.98. The number of nitrogens with zero attached hydrogens (tertiary/aromatic N) is 6. The van der Waals surface area contributed by atoms with Crippen LogP contribution in [0, 0.1) is 11.8 Å². The number of fused-ring (bicyclic) bond motifs is 2. The summed E-state index contributed by atoms with van der Waals surface area (Å²) in [6.45, 7) is 8.61. The Labute approximate surface area is 344 Å². The number of benzene rings is 2. The van der Waals surface area contributed by atoms with Crippen LogP contribution in [0.25, 0.3) is 55.8 Å². The number of aromatic nitrogens is 6. The quantitative estimate of drug-likeness (QED) is 0.110. The van der Waals surface area contributed by atoms with Crippen molar-refractivity contribution in [1.82, 2.24) is 50.3 Å². The van der Waals surface area contributed by atoms with Crippen molar-refractivity contribution in [3.05, 3.63) is 61.1 Å². The average Bonchev–Trinajstić information content (AvgIpc) is 4.10. The summed E-state index contributed by atoms with van der Waals surface area (Å²) in [5, 5.41) is 5.38. The molecule has 2 saturated heterocycles. The number of H-pyrrole nitrogens is 2. The topological polar surface area (TPSA) is 227 Å². The third-order valence-electron chi connectivity index (χ3n) is 11.5. The predicted molar refractivity (Wildman–Crippen MR) is 218 cm³/mol. The molecule has 2 aliphatic heterocycles. The Morgan fingerprint density at radius 3 is 1.43 bits per heavy atom. The molecule has 8 rings (SSSR count). The third-order valence-corrected chi connectivity index (χ3v) is 11.5. The molecule has 6 aromatic rings. The number of amides is 4. The van der Waals surface area contributed by atoms with E-state index in [1.165, 1.54) is 27.0 Å². The molecule has 6 heterocycles. The van der Waals surface area contributed by atoms with E-state index in [4.69, 9.17) is 28.3 Å². The summed E-state index contributed by atoms with van der Waals surface area (Å²) < 4.78 is 21.6. The SMILES string of the molecule is COC(=O)NC(C(=O)N1CCCC1c1ncc(-c2ccc(-c3ccc(-c4cnc(C5CCCN5C(=O)C(NC(=O)OC)C(C)C)[nH]4)c4ncoc34)c3ocnc23)[nH]1)C(C)C. The van der Waals surface area contributed by atoms with Gasteiger partial charge in [-0.05, 0) is 61.8 Å². The average molecular weight is 821 g/mol. The number of rotatable bonds is 11. The molecule has 2 fully saturated rings. The van der Waals surface area contributed by atoms with Crippen LogP contribution in [0.1, 0.15) is 77.1 Å². The van der Waals surface area contributed by atoms with Crippen LogP contribution < -0.4 is 10.6 Å². The van der Waals surface area contributed by atoms with Crippen LogP contribution >= 0.6 is 0 Å². The van der Waals surface area contributed by atoms with Crippen LogP contribution in [0.4, 0.5) is 9.59 Å². The van der Waals surface area contributed by atoms with Gasteiger partial charge in [0.25, 0.3) is 0 Å². The second-order valence-electron chi connectivity index (χ2n) is 15.8. The zero-order valence-electron chi connectivity index (χ0n) is 34.3. The summed E-state index contributed by atoms with van der Waals surface area (Å²) in [6, 6.07) is 5.71. The van der Waals surface area contributed by atoms with E-state index in [-0.39, 0.29) is 35.7 Å². The fourth-order valence-corrected chi connectivity index (χ4v) is 8.43. The first-order chi connectivity index (χ1) is 29.0. The number of likely N-dealkylation sites (tertiary alicyclic amines) is 2. The van der Waals surface area contributed by atoms with E-state index >= 15 is 0 Å². The maximum Gasteiger partial charge on any atom is 0.407 e. The molecule has 0 radical (unpaired) electrons. The molecule has 4 amide bonds. The van der Waals surface area contributed by atoms with Crippen molar-refractivity contribution in [3.8, 4) is 33.6 Å². The highest BCUT2D eigenvalue weighted by Gasteiger charge is 2.39. The number of oxazole rings is 2. The minimum Gasteiger partial charge on any atom is -0.453 e. The number of ether oxygens (including phenoxy) is 2. The van der Waals surface area contributed by atoms with Crippen molar-refractivity contribution in [2.45, 2.75) is 77.5 Å². The molecular weight excluding hydrogens is 773 g/mol. The smallest absolute Gasteiger partial charge is 0.407 e. The second kappa shape index (κ2) is 16.5. The van der Waals surface area contributed by atoms with Gasteiger partial charge in [0.1, 0.15) is 34.8 Å². The Bertz CT molecular complexity index is 2380. The lowest BCUT2D eigenvalue weighted by Gasteiger charge is -2.30. The molecule has 0 saturated carbocycles. The molecule has 4 atom stereocenters. The number of hydrogen-bond donors (Lipinski definition) is 4. The van der Waals surface area contributed by atoms with Crippen LogP contribution in [0.2, 0.25) is 0 Å². The summed E-state index contributed by atoms with van der Waals surface area (Å²) >= 11 is 0. The van der Waals surface area contributed by atoms with Gasteiger partial charge in [-0.1, -0.05) is 27.7 Å². The summed E-state index contributed by atoms with van der Waals surface area (Å²) in [5.74, 6) is 0.615. The van der Waals surface area contributed by atoms with E-state index in [1.54, 1.807) is 22.2 Å². The van der Waals surface area contributed by atoms with Gasteiger partial charge in [-0.2, -0.15) is 0 Å². The normalized spacial score (nSPS) is 17.8. The van der Waals surface area contributed by atoms with E-state index in [0.29, 0.717) is 58.3 Å². The molecule has 0 spiro atoms. The van der Waals surface area contributed by atoms with Gasteiger partial charge in [0.05, 0.1) is 50.1 Å². The fraction of sp³-hybridized carbons (Fsp3) is 0.429. The van der Waals surface area contributed by atoms with Crippen molar-refractivity contribution >= 4 is 46.2 Å². The van der Waals surface area contributed by atoms with Crippen molar-refractivity contribution < 1.29 is 37.5 Å². The standard InChI is InChI=1S/C42H48N10O8/c1-21(2)31(49-41(55)57-5)39(53)51-15-7-9-29(51)37-43-17-27(47-37)25-13-11-23(35-33(25)45-19-59-35)24-12-14-26(34-36(24)60-20-46-34)28-18-44-38(48-28)30-10-8-16-52(30)40(54)32(22(3)4)50-42(56)58-6/h11-14,17-22,29-32H,7-10,15-16H2,1-6H3,(H,43,47)(H,44,48)(H,49,55)(H,50,56). The van der Waals surface area contributed by atoms with Gasteiger partial charge in [-0.15, -0.1) is 0 Å². The lowest BCUT2D eigenvalue weighted by molar-refractivity contribution is -0.136. The first kappa shape index (κ1) is 40.1. The zero-order valence-corrected chi connectivity index (χ0v) is 34.3. The van der Waals surface area contributed by atoms with Gasteiger partial charge < -0.3 is 48.7 Å². The van der Waals surface area contributed by atoms with Gasteiger partial charge in [-0.3, -0.25) is 9.59 Å². The zero-order chi connectivity index (χ0) is 42.2. The van der Waals surface area contributed by atoms with Crippen molar-refractivity contribution in [3.63, 3.8) is 0 Å². The minimum atomic E-state index is -0.737.